The van der Waals surface area contributed by atoms with Gasteiger partial charge in [-0.05, 0) is 19.8 Å². The SMILES string of the molecule is CCOC(=O)N1C[C@H]2CC[C@H]1CC2=O. The van der Waals surface area contributed by atoms with Crippen molar-refractivity contribution in [2.75, 3.05) is 13.2 Å². The minimum atomic E-state index is -0.255. The van der Waals surface area contributed by atoms with Gasteiger partial charge in [0, 0.05) is 24.9 Å². The van der Waals surface area contributed by atoms with Crippen molar-refractivity contribution in [1.82, 2.24) is 4.90 Å². The van der Waals surface area contributed by atoms with Gasteiger partial charge in [-0.25, -0.2) is 4.79 Å². The van der Waals surface area contributed by atoms with Gasteiger partial charge in [-0.2, -0.15) is 0 Å². The van der Waals surface area contributed by atoms with Crippen LogP contribution in [0, 0.1) is 5.92 Å². The Balaban J connectivity index is 2.03. The first kappa shape index (κ1) is 9.49. The van der Waals surface area contributed by atoms with Crippen molar-refractivity contribution in [2.24, 2.45) is 5.92 Å². The minimum Gasteiger partial charge on any atom is -0.450 e. The molecule has 2 atom stereocenters. The van der Waals surface area contributed by atoms with Gasteiger partial charge in [0.05, 0.1) is 6.61 Å². The third-order valence-electron chi connectivity index (χ3n) is 3.10. The van der Waals surface area contributed by atoms with Crippen LogP contribution >= 0.6 is 0 Å². The number of rotatable bonds is 1. The maximum atomic E-state index is 11.5. The van der Waals surface area contributed by atoms with Gasteiger partial charge in [0.25, 0.3) is 0 Å². The Labute approximate surface area is 83.2 Å². The zero-order chi connectivity index (χ0) is 10.1. The normalized spacial score (nSPS) is 30.6. The van der Waals surface area contributed by atoms with Crippen molar-refractivity contribution < 1.29 is 14.3 Å². The third-order valence-corrected chi connectivity index (χ3v) is 3.10. The lowest BCUT2D eigenvalue weighted by molar-refractivity contribution is -0.131. The molecule has 1 amide bonds. The fourth-order valence-electron chi connectivity index (χ4n) is 2.33. The molecule has 0 aromatic heterocycles. The summed E-state index contributed by atoms with van der Waals surface area (Å²) in [6.07, 6.45) is 2.17. The highest BCUT2D eigenvalue weighted by atomic mass is 16.6. The molecule has 1 aliphatic carbocycles. The number of nitrogens with zero attached hydrogens (tertiary/aromatic N) is 1. The zero-order valence-corrected chi connectivity index (χ0v) is 8.36. The van der Waals surface area contributed by atoms with Gasteiger partial charge in [-0.1, -0.05) is 0 Å². The highest BCUT2D eigenvalue weighted by molar-refractivity contribution is 5.85. The van der Waals surface area contributed by atoms with E-state index in [0.717, 1.165) is 12.8 Å². The number of hydrogen-bond donors (Lipinski definition) is 0. The molecule has 3 rings (SSSR count). The van der Waals surface area contributed by atoms with E-state index >= 15 is 0 Å². The largest absolute Gasteiger partial charge is 0.450 e. The van der Waals surface area contributed by atoms with Crippen molar-refractivity contribution in [2.45, 2.75) is 32.2 Å². The molecule has 0 aromatic carbocycles. The van der Waals surface area contributed by atoms with Crippen molar-refractivity contribution in [3.63, 3.8) is 0 Å². The molecule has 4 heteroatoms. The van der Waals surface area contributed by atoms with E-state index < -0.39 is 0 Å². The molecule has 2 saturated heterocycles. The van der Waals surface area contributed by atoms with Crippen molar-refractivity contribution in [3.8, 4) is 0 Å². The summed E-state index contributed by atoms with van der Waals surface area (Å²) in [4.78, 5) is 24.6. The Bertz CT molecular complexity index is 264. The molecule has 0 radical (unpaired) electrons. The maximum Gasteiger partial charge on any atom is 0.410 e. The second-order valence-electron chi connectivity index (χ2n) is 3.95. The molecule has 1 saturated carbocycles. The number of piperidine rings is 2. The van der Waals surface area contributed by atoms with Gasteiger partial charge >= 0.3 is 6.09 Å². The van der Waals surface area contributed by atoms with Crippen molar-refractivity contribution in [3.05, 3.63) is 0 Å². The van der Waals surface area contributed by atoms with Crippen molar-refractivity contribution in [1.29, 1.82) is 0 Å². The summed E-state index contributed by atoms with van der Waals surface area (Å²) in [7, 11) is 0. The van der Waals surface area contributed by atoms with Crippen LogP contribution in [0.1, 0.15) is 26.2 Å². The van der Waals surface area contributed by atoms with Crippen LogP contribution < -0.4 is 0 Å². The molecule has 0 aromatic rings. The molecule has 4 nitrogen and oxygen atoms in total. The Hall–Kier alpha value is -1.06. The quantitative estimate of drug-likeness (QED) is 0.634. The lowest BCUT2D eigenvalue weighted by Crippen LogP contribution is -2.54. The second kappa shape index (κ2) is 3.59. The fourth-order valence-corrected chi connectivity index (χ4v) is 2.33. The van der Waals surface area contributed by atoms with Crippen LogP contribution in [-0.2, 0) is 9.53 Å². The van der Waals surface area contributed by atoms with E-state index in [1.165, 1.54) is 0 Å². The summed E-state index contributed by atoms with van der Waals surface area (Å²) in [5.74, 6) is 0.395. The predicted octanol–water partition coefficient (Wildman–Crippen LogP) is 1.20. The minimum absolute atomic E-state index is 0.0735. The Morgan fingerprint density at radius 1 is 1.57 bits per heavy atom. The molecule has 0 spiro atoms. The Morgan fingerprint density at radius 3 is 2.86 bits per heavy atom. The first-order valence-corrected chi connectivity index (χ1v) is 5.18. The van der Waals surface area contributed by atoms with Crippen LogP contribution in [0.15, 0.2) is 0 Å². The number of fused-ring (bicyclic) bond motifs is 3. The van der Waals surface area contributed by atoms with Crippen molar-refractivity contribution >= 4 is 11.9 Å². The monoisotopic (exact) mass is 197 g/mol. The molecular weight excluding hydrogens is 182 g/mol. The second-order valence-corrected chi connectivity index (χ2v) is 3.95. The number of ketones is 1. The molecular formula is C10H15NO3. The van der Waals surface area contributed by atoms with Gasteiger partial charge in [-0.3, -0.25) is 4.79 Å². The van der Waals surface area contributed by atoms with Gasteiger partial charge in [0.1, 0.15) is 5.78 Å². The number of carbonyl (C=O) groups is 2. The number of ether oxygens (including phenoxy) is 1. The van der Waals surface area contributed by atoms with E-state index in [1.54, 1.807) is 11.8 Å². The van der Waals surface area contributed by atoms with Crippen LogP contribution in [0.4, 0.5) is 4.79 Å². The van der Waals surface area contributed by atoms with E-state index in [-0.39, 0.29) is 18.1 Å². The van der Waals surface area contributed by atoms with E-state index in [4.69, 9.17) is 4.74 Å². The lowest BCUT2D eigenvalue weighted by Gasteiger charge is -2.43. The van der Waals surface area contributed by atoms with Crippen LogP contribution in [0.2, 0.25) is 0 Å². The predicted molar refractivity (Wildman–Crippen MR) is 49.9 cm³/mol. The smallest absolute Gasteiger partial charge is 0.410 e. The van der Waals surface area contributed by atoms with Crippen LogP contribution in [0.25, 0.3) is 0 Å². The van der Waals surface area contributed by atoms with Crippen LogP contribution in [-0.4, -0.2) is 36.0 Å². The summed E-state index contributed by atoms with van der Waals surface area (Å²) in [5.41, 5.74) is 0. The van der Waals surface area contributed by atoms with Gasteiger partial charge in [0.2, 0.25) is 0 Å². The Morgan fingerprint density at radius 2 is 2.36 bits per heavy atom. The van der Waals surface area contributed by atoms with E-state index in [1.807, 2.05) is 0 Å². The standard InChI is InChI=1S/C10H15NO3/c1-2-14-10(13)11-6-7-3-4-8(11)5-9(7)12/h7-8H,2-6H2,1H3/t7-,8+/m1/s1. The number of Topliss-reactive ketones (excluding diaryl/α,β-unsaturated/α-hetero) is 1. The average Bonchev–Trinajstić information content (AvgIpc) is 2.18. The molecule has 3 fully saturated rings. The van der Waals surface area contributed by atoms with E-state index in [0.29, 0.717) is 25.4 Å². The summed E-state index contributed by atoms with van der Waals surface area (Å²) >= 11 is 0. The van der Waals surface area contributed by atoms with Crippen LogP contribution in [0.3, 0.4) is 0 Å². The Kier molecular flexibility index (Phi) is 2.44. The molecule has 0 N–H and O–H groups in total. The van der Waals surface area contributed by atoms with Crippen LogP contribution in [0.5, 0.6) is 0 Å². The molecule has 14 heavy (non-hydrogen) atoms. The highest BCUT2D eigenvalue weighted by Crippen LogP contribution is 2.32. The van der Waals surface area contributed by atoms with E-state index in [2.05, 4.69) is 0 Å². The fraction of sp³-hybridized carbons (Fsp3) is 0.800. The highest BCUT2D eigenvalue weighted by Gasteiger charge is 2.41. The molecule has 2 bridgehead atoms. The molecule has 2 aliphatic heterocycles. The van der Waals surface area contributed by atoms with Gasteiger partial charge < -0.3 is 9.64 Å². The molecule has 78 valence electrons. The first-order chi connectivity index (χ1) is 6.72. The topological polar surface area (TPSA) is 46.6 Å². The molecule has 2 heterocycles. The lowest BCUT2D eigenvalue weighted by atomic mass is 9.79. The maximum absolute atomic E-state index is 11.5. The third kappa shape index (κ3) is 1.49. The zero-order valence-electron chi connectivity index (χ0n) is 8.36. The average molecular weight is 197 g/mol. The van der Waals surface area contributed by atoms with Gasteiger partial charge in [-0.15, -0.1) is 0 Å². The van der Waals surface area contributed by atoms with Gasteiger partial charge in [0.15, 0.2) is 0 Å². The molecule has 0 unspecified atom stereocenters. The van der Waals surface area contributed by atoms with E-state index in [9.17, 15) is 9.59 Å². The number of hydrogen-bond acceptors (Lipinski definition) is 3. The summed E-state index contributed by atoms with van der Waals surface area (Å²) in [6.45, 7) is 2.77. The number of amides is 1. The summed E-state index contributed by atoms with van der Waals surface area (Å²) in [5, 5.41) is 0. The number of carbonyl (C=O) groups excluding carboxylic acids is 2. The first-order valence-electron chi connectivity index (χ1n) is 5.18. The summed E-state index contributed by atoms with van der Waals surface area (Å²) < 4.78 is 4.94. The summed E-state index contributed by atoms with van der Waals surface area (Å²) in [6, 6.07) is 0.103. The molecule has 3 aliphatic rings.